The largest absolute Gasteiger partial charge is 0.494 e. The normalized spacial score (nSPS) is 11.4. The minimum atomic E-state index is -0.256. The molecule has 4 rings (SSSR count). The van der Waals surface area contributed by atoms with E-state index in [-0.39, 0.29) is 11.7 Å². The van der Waals surface area contributed by atoms with Gasteiger partial charge >= 0.3 is 0 Å². The predicted octanol–water partition coefficient (Wildman–Crippen LogP) is 4.56. The number of benzene rings is 2. The van der Waals surface area contributed by atoms with Gasteiger partial charge in [-0.1, -0.05) is 42.1 Å². The lowest BCUT2D eigenvalue weighted by atomic mass is 10.2. The number of hydrazone groups is 1. The van der Waals surface area contributed by atoms with Crippen LogP contribution >= 0.6 is 11.8 Å². The second-order valence-corrected chi connectivity index (χ2v) is 7.88. The number of aromatic nitrogens is 3. The number of rotatable bonds is 9. The van der Waals surface area contributed by atoms with E-state index in [2.05, 4.69) is 20.7 Å². The van der Waals surface area contributed by atoms with Crippen molar-refractivity contribution in [3.05, 3.63) is 78.8 Å². The molecule has 0 aliphatic rings. The number of hydrogen-bond donors (Lipinski definition) is 1. The predicted molar refractivity (Wildman–Crippen MR) is 128 cm³/mol. The van der Waals surface area contributed by atoms with Crippen LogP contribution in [-0.2, 0) is 4.79 Å². The summed E-state index contributed by atoms with van der Waals surface area (Å²) in [7, 11) is 0. The van der Waals surface area contributed by atoms with Gasteiger partial charge in [0.25, 0.3) is 5.91 Å². The fourth-order valence-corrected chi connectivity index (χ4v) is 3.82. The number of ether oxygens (including phenoxy) is 1. The quantitative estimate of drug-likeness (QED) is 0.223. The summed E-state index contributed by atoms with van der Waals surface area (Å²) in [6.07, 6.45) is 1.56. The molecule has 1 amide bonds. The maximum Gasteiger partial charge on any atom is 0.250 e. The van der Waals surface area contributed by atoms with Crippen LogP contribution in [0.5, 0.6) is 5.75 Å². The van der Waals surface area contributed by atoms with Crippen LogP contribution < -0.4 is 10.2 Å². The van der Waals surface area contributed by atoms with Gasteiger partial charge in [0.05, 0.1) is 18.6 Å². The summed E-state index contributed by atoms with van der Waals surface area (Å²) in [6.45, 7) is 4.31. The van der Waals surface area contributed by atoms with Crippen LogP contribution in [0, 0.1) is 0 Å². The molecule has 0 aliphatic heterocycles. The molecule has 0 saturated heterocycles. The summed E-state index contributed by atoms with van der Waals surface area (Å²) in [4.78, 5) is 12.4. The highest BCUT2D eigenvalue weighted by molar-refractivity contribution is 7.99. The molecule has 0 atom stereocenters. The smallest absolute Gasteiger partial charge is 0.250 e. The van der Waals surface area contributed by atoms with E-state index in [1.54, 1.807) is 25.3 Å². The average molecular weight is 462 g/mol. The topological polar surface area (TPSA) is 94.5 Å². The Morgan fingerprint density at radius 1 is 1.09 bits per heavy atom. The van der Waals surface area contributed by atoms with Crippen molar-refractivity contribution in [2.45, 2.75) is 19.0 Å². The van der Waals surface area contributed by atoms with E-state index in [1.807, 2.05) is 66.1 Å². The average Bonchev–Trinajstić information content (AvgIpc) is 3.53. The number of thioether (sulfide) groups is 1. The Hall–Kier alpha value is -3.85. The molecule has 0 bridgehead atoms. The first-order valence-electron chi connectivity index (χ1n) is 10.4. The molecule has 0 fully saturated rings. The van der Waals surface area contributed by atoms with Gasteiger partial charge in [0.1, 0.15) is 17.2 Å². The van der Waals surface area contributed by atoms with Crippen molar-refractivity contribution in [1.29, 1.82) is 0 Å². The number of nitrogens with zero attached hydrogens (tertiary/aromatic N) is 4. The number of carbonyl (C=O) groups excluding carboxylic acids is 1. The molecule has 4 aromatic rings. The van der Waals surface area contributed by atoms with E-state index in [9.17, 15) is 4.79 Å². The fourth-order valence-electron chi connectivity index (χ4n) is 3.08. The van der Waals surface area contributed by atoms with Gasteiger partial charge in [-0.15, -0.1) is 10.2 Å². The van der Waals surface area contributed by atoms with Crippen LogP contribution in [0.15, 0.2) is 87.7 Å². The minimum absolute atomic E-state index is 0.124. The third-order valence-corrected chi connectivity index (χ3v) is 5.56. The molecule has 2 heterocycles. The number of nitrogens with one attached hydrogen (secondary N) is 1. The summed E-state index contributed by atoms with van der Waals surface area (Å²) in [6, 6.07) is 21.1. The van der Waals surface area contributed by atoms with Gasteiger partial charge in [0.2, 0.25) is 0 Å². The van der Waals surface area contributed by atoms with Crippen molar-refractivity contribution in [1.82, 2.24) is 20.2 Å². The van der Waals surface area contributed by atoms with Crippen LogP contribution in [-0.4, -0.2) is 38.7 Å². The number of furan rings is 1. The second kappa shape index (κ2) is 10.6. The summed E-state index contributed by atoms with van der Waals surface area (Å²) in [5.41, 5.74) is 4.94. The second-order valence-electron chi connectivity index (χ2n) is 6.93. The maximum absolute atomic E-state index is 12.4. The molecule has 168 valence electrons. The molecule has 8 nitrogen and oxygen atoms in total. The molecule has 33 heavy (non-hydrogen) atoms. The summed E-state index contributed by atoms with van der Waals surface area (Å²) < 4.78 is 12.8. The van der Waals surface area contributed by atoms with Gasteiger partial charge in [-0.05, 0) is 50.2 Å². The van der Waals surface area contributed by atoms with Gasteiger partial charge in [0, 0.05) is 11.3 Å². The zero-order valence-corrected chi connectivity index (χ0v) is 19.1. The first-order chi connectivity index (χ1) is 16.2. The van der Waals surface area contributed by atoms with E-state index in [0.717, 1.165) is 17.0 Å². The summed E-state index contributed by atoms with van der Waals surface area (Å²) in [5.74, 6) is 1.95. The molecule has 9 heteroatoms. The van der Waals surface area contributed by atoms with Crippen LogP contribution in [0.4, 0.5) is 0 Å². The third-order valence-electron chi connectivity index (χ3n) is 4.63. The fraction of sp³-hybridized carbons (Fsp3) is 0.167. The third kappa shape index (κ3) is 5.50. The Morgan fingerprint density at radius 2 is 1.88 bits per heavy atom. The van der Waals surface area contributed by atoms with E-state index >= 15 is 0 Å². The molecule has 0 saturated carbocycles. The van der Waals surface area contributed by atoms with Gasteiger partial charge in [-0.2, -0.15) is 5.10 Å². The van der Waals surface area contributed by atoms with Crippen LogP contribution in [0.3, 0.4) is 0 Å². The monoisotopic (exact) mass is 461 g/mol. The van der Waals surface area contributed by atoms with Crippen LogP contribution in [0.25, 0.3) is 17.1 Å². The summed E-state index contributed by atoms with van der Waals surface area (Å²) in [5, 5.41) is 13.4. The molecule has 0 spiro atoms. The highest BCUT2D eigenvalue weighted by Crippen LogP contribution is 2.28. The maximum atomic E-state index is 12.4. The zero-order chi connectivity index (χ0) is 23.0. The Kier molecular flexibility index (Phi) is 7.21. The first-order valence-corrected chi connectivity index (χ1v) is 11.4. The van der Waals surface area contributed by atoms with E-state index in [1.165, 1.54) is 11.8 Å². The summed E-state index contributed by atoms with van der Waals surface area (Å²) >= 11 is 1.28. The molecule has 1 N–H and O–H groups in total. The van der Waals surface area contributed by atoms with Gasteiger partial charge in [-0.25, -0.2) is 5.43 Å². The van der Waals surface area contributed by atoms with E-state index in [0.29, 0.717) is 29.1 Å². The Balaban J connectivity index is 1.54. The highest BCUT2D eigenvalue weighted by atomic mass is 32.2. The minimum Gasteiger partial charge on any atom is -0.494 e. The molecule has 2 aromatic heterocycles. The van der Waals surface area contributed by atoms with Crippen LogP contribution in [0.2, 0.25) is 0 Å². The van der Waals surface area contributed by atoms with Crippen LogP contribution in [0.1, 0.15) is 19.6 Å². The van der Waals surface area contributed by atoms with Crippen molar-refractivity contribution >= 4 is 23.4 Å². The van der Waals surface area contributed by atoms with Crippen molar-refractivity contribution in [3.8, 4) is 22.8 Å². The van der Waals surface area contributed by atoms with Gasteiger partial charge < -0.3 is 9.15 Å². The standard InChI is InChI=1S/C24H23N5O3S/c1-3-31-20-13-11-19(12-14-20)29-23(18-8-5-4-6-9-18)27-28-24(29)33-16-22(30)26-25-17(2)21-10-7-15-32-21/h4-15H,3,16H2,1-2H3,(H,26,30)/b25-17+. The Morgan fingerprint density at radius 3 is 2.58 bits per heavy atom. The van der Waals surface area contributed by atoms with Gasteiger partial charge in [0.15, 0.2) is 11.0 Å². The Labute approximate surface area is 195 Å². The lowest BCUT2D eigenvalue weighted by Gasteiger charge is -2.11. The van der Waals surface area contributed by atoms with Crippen molar-refractivity contribution in [2.24, 2.45) is 5.10 Å². The molecule has 0 radical (unpaired) electrons. The number of amides is 1. The molecular weight excluding hydrogens is 438 g/mol. The lowest BCUT2D eigenvalue weighted by molar-refractivity contribution is -0.118. The SMILES string of the molecule is CCOc1ccc(-n2c(SCC(=O)N/N=C(\C)c3ccco3)nnc2-c2ccccc2)cc1. The Bertz CT molecular complexity index is 1220. The van der Waals surface area contributed by atoms with Crippen molar-refractivity contribution < 1.29 is 13.9 Å². The van der Waals surface area contributed by atoms with E-state index < -0.39 is 0 Å². The number of hydrogen-bond acceptors (Lipinski definition) is 7. The lowest BCUT2D eigenvalue weighted by Crippen LogP contribution is -2.21. The van der Waals surface area contributed by atoms with Crippen molar-refractivity contribution in [3.63, 3.8) is 0 Å². The van der Waals surface area contributed by atoms with Gasteiger partial charge in [-0.3, -0.25) is 9.36 Å². The van der Waals surface area contributed by atoms with Crippen molar-refractivity contribution in [2.75, 3.05) is 12.4 Å². The van der Waals surface area contributed by atoms with E-state index in [4.69, 9.17) is 9.15 Å². The first kappa shape index (κ1) is 22.3. The highest BCUT2D eigenvalue weighted by Gasteiger charge is 2.17. The zero-order valence-electron chi connectivity index (χ0n) is 18.3. The molecule has 2 aromatic carbocycles. The molecular formula is C24H23N5O3S. The number of carbonyl (C=O) groups is 1. The molecule has 0 aliphatic carbocycles. The molecule has 0 unspecified atom stereocenters.